The highest BCUT2D eigenvalue weighted by atomic mass is 32.1. The number of thiocarbonyl (C=S) groups is 1. The van der Waals surface area contributed by atoms with E-state index in [-0.39, 0.29) is 0 Å². The second-order valence-corrected chi connectivity index (χ2v) is 5.62. The van der Waals surface area contributed by atoms with E-state index in [0.29, 0.717) is 6.04 Å². The summed E-state index contributed by atoms with van der Waals surface area (Å²) < 4.78 is 0. The maximum atomic E-state index is 5.28. The van der Waals surface area contributed by atoms with Crippen molar-refractivity contribution in [2.75, 3.05) is 6.54 Å². The van der Waals surface area contributed by atoms with E-state index in [1.807, 2.05) is 0 Å². The van der Waals surface area contributed by atoms with Crippen LogP contribution in [0.15, 0.2) is 0 Å². The number of unbranched alkanes of at least 4 members (excludes halogenated alkanes) is 6. The lowest BCUT2D eigenvalue weighted by Gasteiger charge is -2.16. The Hall–Kier alpha value is -0.310. The lowest BCUT2D eigenvalue weighted by Crippen LogP contribution is -2.40. The molecule has 3 heteroatoms. The van der Waals surface area contributed by atoms with Crippen molar-refractivity contribution in [2.24, 2.45) is 0 Å². The second-order valence-electron chi connectivity index (χ2n) is 5.21. The summed E-state index contributed by atoms with van der Waals surface area (Å²) in [5.41, 5.74) is 0. The van der Waals surface area contributed by atoms with Crippen molar-refractivity contribution in [2.45, 2.75) is 84.6 Å². The van der Waals surface area contributed by atoms with Crippen LogP contribution in [-0.4, -0.2) is 17.7 Å². The van der Waals surface area contributed by atoms with Gasteiger partial charge in [-0.25, -0.2) is 0 Å². The zero-order valence-electron chi connectivity index (χ0n) is 12.6. The molecule has 0 saturated heterocycles. The van der Waals surface area contributed by atoms with Gasteiger partial charge in [0.2, 0.25) is 0 Å². The van der Waals surface area contributed by atoms with Crippen molar-refractivity contribution in [1.82, 2.24) is 10.6 Å². The molecule has 108 valence electrons. The zero-order valence-corrected chi connectivity index (χ0v) is 13.4. The van der Waals surface area contributed by atoms with Gasteiger partial charge >= 0.3 is 0 Å². The Labute approximate surface area is 119 Å². The van der Waals surface area contributed by atoms with Gasteiger partial charge in [-0.05, 0) is 32.0 Å². The van der Waals surface area contributed by atoms with Crippen molar-refractivity contribution >= 4 is 17.3 Å². The normalized spacial score (nSPS) is 12.2. The largest absolute Gasteiger partial charge is 0.363 e. The van der Waals surface area contributed by atoms with Crippen LogP contribution in [0.3, 0.4) is 0 Å². The Kier molecular flexibility index (Phi) is 12.9. The molecule has 0 spiro atoms. The summed E-state index contributed by atoms with van der Waals surface area (Å²) in [6.45, 7) is 7.69. The number of nitrogens with one attached hydrogen (secondary N) is 2. The predicted octanol–water partition coefficient (Wildman–Crippen LogP) is 4.39. The Bertz CT molecular complexity index is 195. The van der Waals surface area contributed by atoms with Crippen LogP contribution in [0, 0.1) is 0 Å². The third-order valence-corrected chi connectivity index (χ3v) is 3.45. The van der Waals surface area contributed by atoms with Crippen LogP contribution in [0.5, 0.6) is 0 Å². The van der Waals surface area contributed by atoms with Gasteiger partial charge in [0.1, 0.15) is 0 Å². The zero-order chi connectivity index (χ0) is 13.6. The summed E-state index contributed by atoms with van der Waals surface area (Å²) in [5.74, 6) is 0. The van der Waals surface area contributed by atoms with E-state index in [9.17, 15) is 0 Å². The smallest absolute Gasteiger partial charge is 0.166 e. The molecule has 0 saturated carbocycles. The Morgan fingerprint density at radius 1 is 0.944 bits per heavy atom. The monoisotopic (exact) mass is 272 g/mol. The highest BCUT2D eigenvalue weighted by molar-refractivity contribution is 7.80. The molecule has 0 rings (SSSR count). The topological polar surface area (TPSA) is 24.1 Å². The first kappa shape index (κ1) is 17.7. The Morgan fingerprint density at radius 2 is 1.56 bits per heavy atom. The van der Waals surface area contributed by atoms with Gasteiger partial charge in [0.15, 0.2) is 5.11 Å². The van der Waals surface area contributed by atoms with Gasteiger partial charge in [0.05, 0.1) is 0 Å². The van der Waals surface area contributed by atoms with Crippen molar-refractivity contribution in [1.29, 1.82) is 0 Å². The molecule has 0 radical (unpaired) electrons. The lowest BCUT2D eigenvalue weighted by molar-refractivity contribution is 0.560. The first-order valence-electron chi connectivity index (χ1n) is 7.75. The fraction of sp³-hybridized carbons (Fsp3) is 0.933. The van der Waals surface area contributed by atoms with E-state index in [2.05, 4.69) is 31.4 Å². The van der Waals surface area contributed by atoms with E-state index >= 15 is 0 Å². The maximum Gasteiger partial charge on any atom is 0.166 e. The molecule has 2 N–H and O–H groups in total. The van der Waals surface area contributed by atoms with Crippen LogP contribution in [0.4, 0.5) is 0 Å². The Balaban J connectivity index is 3.31. The summed E-state index contributed by atoms with van der Waals surface area (Å²) >= 11 is 5.28. The molecule has 18 heavy (non-hydrogen) atoms. The van der Waals surface area contributed by atoms with Gasteiger partial charge in [-0.3, -0.25) is 0 Å². The SMILES string of the molecule is CCCCCCCCNC(=S)NC(C)CCCC. The van der Waals surface area contributed by atoms with E-state index in [1.165, 1.54) is 57.8 Å². The average molecular weight is 273 g/mol. The van der Waals surface area contributed by atoms with E-state index < -0.39 is 0 Å². The number of hydrogen-bond acceptors (Lipinski definition) is 1. The first-order chi connectivity index (χ1) is 8.70. The second kappa shape index (κ2) is 13.1. The van der Waals surface area contributed by atoms with Crippen molar-refractivity contribution in [3.8, 4) is 0 Å². The van der Waals surface area contributed by atoms with Gasteiger partial charge in [-0.2, -0.15) is 0 Å². The van der Waals surface area contributed by atoms with Gasteiger partial charge in [0.25, 0.3) is 0 Å². The predicted molar refractivity (Wildman–Crippen MR) is 86.1 cm³/mol. The fourth-order valence-corrected chi connectivity index (χ4v) is 2.27. The molecular weight excluding hydrogens is 240 g/mol. The molecule has 0 heterocycles. The molecule has 0 aliphatic heterocycles. The van der Waals surface area contributed by atoms with E-state index in [1.54, 1.807) is 0 Å². The van der Waals surface area contributed by atoms with Gasteiger partial charge < -0.3 is 10.6 Å². The highest BCUT2D eigenvalue weighted by Gasteiger charge is 2.02. The van der Waals surface area contributed by atoms with Crippen LogP contribution < -0.4 is 10.6 Å². The minimum Gasteiger partial charge on any atom is -0.363 e. The fourth-order valence-electron chi connectivity index (χ4n) is 1.96. The van der Waals surface area contributed by atoms with Gasteiger partial charge in [0, 0.05) is 12.6 Å². The summed E-state index contributed by atoms with van der Waals surface area (Å²) in [6.07, 6.45) is 11.7. The van der Waals surface area contributed by atoms with Crippen molar-refractivity contribution < 1.29 is 0 Å². The molecule has 0 aromatic rings. The van der Waals surface area contributed by atoms with E-state index in [0.717, 1.165) is 11.7 Å². The quantitative estimate of drug-likeness (QED) is 0.431. The lowest BCUT2D eigenvalue weighted by atomic mass is 10.1. The van der Waals surface area contributed by atoms with Crippen LogP contribution in [0.25, 0.3) is 0 Å². The summed E-state index contributed by atoms with van der Waals surface area (Å²) in [6, 6.07) is 0.495. The highest BCUT2D eigenvalue weighted by Crippen LogP contribution is 2.04. The van der Waals surface area contributed by atoms with Crippen LogP contribution in [0.2, 0.25) is 0 Å². The van der Waals surface area contributed by atoms with Gasteiger partial charge in [-0.1, -0.05) is 58.8 Å². The molecule has 0 aromatic heterocycles. The van der Waals surface area contributed by atoms with Crippen LogP contribution in [0.1, 0.15) is 78.6 Å². The molecule has 1 atom stereocenters. The van der Waals surface area contributed by atoms with Gasteiger partial charge in [-0.15, -0.1) is 0 Å². The molecule has 2 nitrogen and oxygen atoms in total. The third kappa shape index (κ3) is 12.2. The summed E-state index contributed by atoms with van der Waals surface area (Å²) in [5, 5.41) is 7.47. The molecular formula is C15H32N2S. The third-order valence-electron chi connectivity index (χ3n) is 3.18. The average Bonchev–Trinajstić information content (AvgIpc) is 2.35. The minimum atomic E-state index is 0.495. The molecule has 0 aliphatic carbocycles. The molecule has 0 bridgehead atoms. The maximum absolute atomic E-state index is 5.28. The summed E-state index contributed by atoms with van der Waals surface area (Å²) in [7, 11) is 0. The van der Waals surface area contributed by atoms with Crippen LogP contribution >= 0.6 is 12.2 Å². The van der Waals surface area contributed by atoms with Crippen molar-refractivity contribution in [3.05, 3.63) is 0 Å². The first-order valence-corrected chi connectivity index (χ1v) is 8.15. The van der Waals surface area contributed by atoms with Crippen LogP contribution in [-0.2, 0) is 0 Å². The molecule has 0 aromatic carbocycles. The number of rotatable bonds is 11. The van der Waals surface area contributed by atoms with E-state index in [4.69, 9.17) is 12.2 Å². The molecule has 0 fully saturated rings. The van der Waals surface area contributed by atoms with Crippen molar-refractivity contribution in [3.63, 3.8) is 0 Å². The summed E-state index contributed by atoms with van der Waals surface area (Å²) in [4.78, 5) is 0. The molecule has 0 amide bonds. The molecule has 1 unspecified atom stereocenters. The number of hydrogen-bond donors (Lipinski definition) is 2. The standard InChI is InChI=1S/C15H32N2S/c1-4-6-8-9-10-11-13-16-15(18)17-14(3)12-7-5-2/h14H,4-13H2,1-3H3,(H2,16,17,18). The molecule has 0 aliphatic rings. The Morgan fingerprint density at radius 3 is 2.22 bits per heavy atom. The minimum absolute atomic E-state index is 0.495.